The summed E-state index contributed by atoms with van der Waals surface area (Å²) in [4.78, 5) is 13.7. The zero-order valence-electron chi connectivity index (χ0n) is 12.9. The second kappa shape index (κ2) is 6.13. The van der Waals surface area contributed by atoms with E-state index in [-0.39, 0.29) is 6.73 Å². The Bertz CT molecular complexity index is 765. The second-order valence-electron chi connectivity index (χ2n) is 5.36. The molecule has 1 aromatic heterocycles. The van der Waals surface area contributed by atoms with E-state index in [4.69, 9.17) is 16.2 Å². The van der Waals surface area contributed by atoms with Crippen molar-refractivity contribution in [2.45, 2.75) is 13.5 Å². The van der Waals surface area contributed by atoms with E-state index < -0.39 is 5.91 Å². The molecule has 0 saturated heterocycles. The highest BCUT2D eigenvalue weighted by Gasteiger charge is 2.31. The van der Waals surface area contributed by atoms with Crippen molar-refractivity contribution < 1.29 is 9.53 Å². The quantitative estimate of drug-likeness (QED) is 0.850. The predicted octanol–water partition coefficient (Wildman–Crippen LogP) is 0.798. The first-order valence-electron chi connectivity index (χ1n) is 7.34. The number of nitrogens with zero attached hydrogens (tertiary/aromatic N) is 3. The monoisotopic (exact) mass is 313 g/mol. The van der Waals surface area contributed by atoms with Crippen molar-refractivity contribution in [3.63, 3.8) is 0 Å². The third kappa shape index (κ3) is 2.91. The predicted molar refractivity (Wildman–Crippen MR) is 87.0 cm³/mol. The van der Waals surface area contributed by atoms with Crippen LogP contribution in [0.4, 0.5) is 5.69 Å². The number of aryl methyl sites for hydroxylation is 1. The van der Waals surface area contributed by atoms with Gasteiger partial charge in [0.15, 0.2) is 18.2 Å². The Kier molecular flexibility index (Phi) is 4.03. The summed E-state index contributed by atoms with van der Waals surface area (Å²) < 4.78 is 7.47. The minimum atomic E-state index is -0.536. The first kappa shape index (κ1) is 15.1. The van der Waals surface area contributed by atoms with E-state index in [0.29, 0.717) is 24.5 Å². The molecular weight excluding hydrogens is 294 g/mol. The van der Waals surface area contributed by atoms with Gasteiger partial charge in [-0.2, -0.15) is 5.10 Å². The smallest absolute Gasteiger partial charge is 0.269 e. The Morgan fingerprint density at radius 3 is 2.96 bits per heavy atom. The highest BCUT2D eigenvalue weighted by molar-refractivity contribution is 6.03. The van der Waals surface area contributed by atoms with Gasteiger partial charge in [-0.1, -0.05) is 23.8 Å². The Hall–Kier alpha value is -2.80. The maximum Gasteiger partial charge on any atom is 0.269 e. The topological polar surface area (TPSA) is 99.4 Å². The van der Waals surface area contributed by atoms with Crippen LogP contribution >= 0.6 is 0 Å². The van der Waals surface area contributed by atoms with E-state index in [0.717, 1.165) is 16.8 Å². The van der Waals surface area contributed by atoms with Crippen LogP contribution in [0.25, 0.3) is 5.76 Å². The van der Waals surface area contributed by atoms with Gasteiger partial charge in [0.25, 0.3) is 5.91 Å². The molecule has 1 amide bonds. The van der Waals surface area contributed by atoms with Gasteiger partial charge in [0.2, 0.25) is 0 Å². The molecule has 7 nitrogen and oxygen atoms in total. The second-order valence-corrected chi connectivity index (χ2v) is 5.36. The number of aromatic nitrogens is 2. The average molecular weight is 313 g/mol. The zero-order valence-corrected chi connectivity index (χ0v) is 12.9. The molecule has 23 heavy (non-hydrogen) atoms. The Morgan fingerprint density at radius 2 is 2.26 bits per heavy atom. The Morgan fingerprint density at radius 1 is 1.43 bits per heavy atom. The van der Waals surface area contributed by atoms with Crippen molar-refractivity contribution in [1.29, 1.82) is 0 Å². The van der Waals surface area contributed by atoms with E-state index >= 15 is 0 Å². The molecule has 0 bridgehead atoms. The third-order valence-corrected chi connectivity index (χ3v) is 3.63. The zero-order chi connectivity index (χ0) is 16.4. The summed E-state index contributed by atoms with van der Waals surface area (Å²) in [5, 5.41) is 4.22. The molecule has 1 aliphatic rings. The number of anilines is 1. The molecular formula is C16H19N5O2. The minimum Gasteiger partial charge on any atom is -0.470 e. The van der Waals surface area contributed by atoms with Gasteiger partial charge in [-0.05, 0) is 13.0 Å². The number of benzene rings is 1. The first-order valence-corrected chi connectivity index (χ1v) is 7.34. The van der Waals surface area contributed by atoms with Gasteiger partial charge in [0.1, 0.15) is 0 Å². The highest BCUT2D eigenvalue weighted by Crippen LogP contribution is 2.32. The number of amides is 1. The van der Waals surface area contributed by atoms with E-state index in [1.165, 1.54) is 0 Å². The molecule has 7 heteroatoms. The molecule has 2 heterocycles. The lowest BCUT2D eigenvalue weighted by atomic mass is 10.1. The summed E-state index contributed by atoms with van der Waals surface area (Å²) in [6.45, 7) is 3.30. The van der Waals surface area contributed by atoms with E-state index in [2.05, 4.69) is 5.10 Å². The van der Waals surface area contributed by atoms with Gasteiger partial charge >= 0.3 is 0 Å². The van der Waals surface area contributed by atoms with Gasteiger partial charge in [0.05, 0.1) is 18.4 Å². The summed E-state index contributed by atoms with van der Waals surface area (Å²) in [7, 11) is 0. The van der Waals surface area contributed by atoms with Gasteiger partial charge in [0, 0.05) is 18.3 Å². The van der Waals surface area contributed by atoms with Crippen molar-refractivity contribution in [2.75, 3.05) is 18.2 Å². The van der Waals surface area contributed by atoms with Crippen LogP contribution in [0, 0.1) is 6.92 Å². The number of hydrogen-bond acceptors (Lipinski definition) is 5. The molecule has 120 valence electrons. The maximum atomic E-state index is 12.0. The van der Waals surface area contributed by atoms with Crippen molar-refractivity contribution in [2.24, 2.45) is 11.5 Å². The third-order valence-electron chi connectivity index (χ3n) is 3.63. The van der Waals surface area contributed by atoms with Gasteiger partial charge in [-0.15, -0.1) is 0 Å². The molecule has 0 aliphatic carbocycles. The number of hydrogen-bond donors (Lipinski definition) is 2. The molecule has 1 aliphatic heterocycles. The summed E-state index contributed by atoms with van der Waals surface area (Å²) in [5.74, 6) is -0.0432. The summed E-state index contributed by atoms with van der Waals surface area (Å²) >= 11 is 0. The fourth-order valence-corrected chi connectivity index (χ4v) is 2.59. The summed E-state index contributed by atoms with van der Waals surface area (Å²) in [5.41, 5.74) is 14.1. The molecule has 3 rings (SSSR count). The van der Waals surface area contributed by atoms with Crippen LogP contribution in [0.3, 0.4) is 0 Å². The molecule has 0 atom stereocenters. The highest BCUT2D eigenvalue weighted by atomic mass is 16.5. The number of carbonyl (C=O) groups excluding carboxylic acids is 1. The number of primary amides is 1. The molecule has 0 unspecified atom stereocenters. The van der Waals surface area contributed by atoms with E-state index in [9.17, 15) is 4.79 Å². The SMILES string of the molecule is Cc1cccc(C2=C(C(N)=O)N(c3cnn(CCN)c3)CO2)c1. The largest absolute Gasteiger partial charge is 0.470 e. The molecule has 1 aromatic carbocycles. The van der Waals surface area contributed by atoms with Gasteiger partial charge in [-0.25, -0.2) is 0 Å². The van der Waals surface area contributed by atoms with Crippen molar-refractivity contribution in [3.05, 3.63) is 53.5 Å². The standard InChI is InChI=1S/C16H19N5O2/c1-11-3-2-4-12(7-11)15-14(16(18)22)21(10-23-15)13-8-19-20(9-13)6-5-17/h2-4,7-9H,5-6,10,17H2,1H3,(H2,18,22). The number of ether oxygens (including phenoxy) is 1. The van der Waals surface area contributed by atoms with Gasteiger partial charge < -0.3 is 16.2 Å². The number of rotatable bonds is 5. The van der Waals surface area contributed by atoms with Crippen LogP contribution in [0.15, 0.2) is 42.4 Å². The van der Waals surface area contributed by atoms with Crippen LogP contribution in [-0.4, -0.2) is 29.0 Å². The lowest BCUT2D eigenvalue weighted by molar-refractivity contribution is -0.114. The van der Waals surface area contributed by atoms with Crippen LogP contribution < -0.4 is 16.4 Å². The number of nitrogens with two attached hydrogens (primary N) is 2. The summed E-state index contributed by atoms with van der Waals surface area (Å²) in [6.07, 6.45) is 3.49. The Balaban J connectivity index is 2.00. The number of carbonyl (C=O) groups is 1. The summed E-state index contributed by atoms with van der Waals surface area (Å²) in [6, 6.07) is 7.76. The molecule has 4 N–H and O–H groups in total. The van der Waals surface area contributed by atoms with Crippen molar-refractivity contribution in [3.8, 4) is 0 Å². The Labute approximate surface area is 134 Å². The van der Waals surface area contributed by atoms with Crippen LogP contribution in [0.5, 0.6) is 0 Å². The van der Waals surface area contributed by atoms with Crippen molar-refractivity contribution >= 4 is 17.4 Å². The molecule has 0 fully saturated rings. The van der Waals surface area contributed by atoms with Crippen LogP contribution in [0.1, 0.15) is 11.1 Å². The van der Waals surface area contributed by atoms with Crippen molar-refractivity contribution in [1.82, 2.24) is 9.78 Å². The van der Waals surface area contributed by atoms with E-state index in [1.54, 1.807) is 15.8 Å². The average Bonchev–Trinajstić information content (AvgIpc) is 3.13. The molecule has 0 saturated carbocycles. The normalized spacial score (nSPS) is 14.3. The van der Waals surface area contributed by atoms with E-state index in [1.807, 2.05) is 37.4 Å². The maximum absolute atomic E-state index is 12.0. The minimum absolute atomic E-state index is 0.218. The fraction of sp³-hybridized carbons (Fsp3) is 0.250. The molecule has 0 radical (unpaired) electrons. The molecule has 0 spiro atoms. The fourth-order valence-electron chi connectivity index (χ4n) is 2.59. The van der Waals surface area contributed by atoms with Crippen LogP contribution in [0.2, 0.25) is 0 Å². The first-order chi connectivity index (χ1) is 11.1. The lowest BCUT2D eigenvalue weighted by Gasteiger charge is -2.15. The van der Waals surface area contributed by atoms with Gasteiger partial charge in [-0.3, -0.25) is 14.4 Å². The van der Waals surface area contributed by atoms with Crippen LogP contribution in [-0.2, 0) is 16.1 Å². The lowest BCUT2D eigenvalue weighted by Crippen LogP contribution is -2.28. The molecule has 2 aromatic rings.